The van der Waals surface area contributed by atoms with Gasteiger partial charge in [0.1, 0.15) is 17.7 Å². The van der Waals surface area contributed by atoms with Crippen molar-refractivity contribution in [3.05, 3.63) is 47.9 Å². The Balaban J connectivity index is 2.10. The molecule has 0 saturated heterocycles. The largest absolute Gasteiger partial charge is 0.442 e. The summed E-state index contributed by atoms with van der Waals surface area (Å²) < 4.78 is 11.0. The lowest BCUT2D eigenvalue weighted by Gasteiger charge is -2.06. The van der Waals surface area contributed by atoms with Crippen LogP contribution in [0.25, 0.3) is 11.0 Å². The van der Waals surface area contributed by atoms with E-state index in [4.69, 9.17) is 25.4 Å². The average Bonchev–Trinajstić information content (AvgIpc) is 2.87. The number of anilines is 1. The smallest absolute Gasteiger partial charge is 0.247 e. The van der Waals surface area contributed by atoms with E-state index in [-0.39, 0.29) is 23.1 Å². The van der Waals surface area contributed by atoms with Crippen molar-refractivity contribution in [1.29, 1.82) is 10.5 Å². The van der Waals surface area contributed by atoms with E-state index in [1.807, 2.05) is 12.1 Å². The molecule has 0 aliphatic heterocycles. The molecule has 0 atom stereocenters. The van der Waals surface area contributed by atoms with E-state index in [9.17, 15) is 0 Å². The van der Waals surface area contributed by atoms with Crippen LogP contribution in [-0.4, -0.2) is 4.98 Å². The zero-order valence-electron chi connectivity index (χ0n) is 10.7. The summed E-state index contributed by atoms with van der Waals surface area (Å²) in [5.41, 5.74) is 6.88. The van der Waals surface area contributed by atoms with Crippen LogP contribution in [0.4, 0.5) is 5.69 Å². The van der Waals surface area contributed by atoms with Gasteiger partial charge in [-0.3, -0.25) is 0 Å². The molecule has 2 aromatic heterocycles. The first-order valence-electron chi connectivity index (χ1n) is 5.98. The van der Waals surface area contributed by atoms with Crippen LogP contribution in [0.15, 0.2) is 40.9 Å². The molecule has 6 nitrogen and oxygen atoms in total. The Morgan fingerprint density at radius 2 is 2.00 bits per heavy atom. The van der Waals surface area contributed by atoms with Crippen molar-refractivity contribution < 1.29 is 9.15 Å². The molecule has 0 aliphatic rings. The van der Waals surface area contributed by atoms with Crippen LogP contribution in [0.2, 0.25) is 0 Å². The number of fused-ring (bicyclic) bond motifs is 1. The number of nitrogen functional groups attached to an aromatic ring is 1. The number of nitriles is 2. The second-order valence-corrected chi connectivity index (χ2v) is 4.20. The molecule has 0 fully saturated rings. The SMILES string of the molecule is N#Cc1cnc(Oc2c(C#N)oc3ccccc23)c(N)c1. The van der Waals surface area contributed by atoms with E-state index in [0.717, 1.165) is 0 Å². The minimum atomic E-state index is 0.0433. The molecule has 0 radical (unpaired) electrons. The predicted molar refractivity (Wildman–Crippen MR) is 74.4 cm³/mol. The zero-order chi connectivity index (χ0) is 14.8. The van der Waals surface area contributed by atoms with Crippen LogP contribution in [0.3, 0.4) is 0 Å². The standard InChI is InChI=1S/C15H8N4O2/c16-6-9-5-11(18)15(19-8-9)21-14-10-3-1-2-4-12(10)20-13(14)7-17/h1-5,8H,18H2. The predicted octanol–water partition coefficient (Wildman–Crippen LogP) is 2.95. The lowest BCUT2D eigenvalue weighted by Crippen LogP contribution is -1.96. The van der Waals surface area contributed by atoms with Crippen molar-refractivity contribution in [2.75, 3.05) is 5.73 Å². The topological polar surface area (TPSA) is 109 Å². The number of hydrogen-bond acceptors (Lipinski definition) is 6. The highest BCUT2D eigenvalue weighted by molar-refractivity contribution is 5.87. The summed E-state index contributed by atoms with van der Waals surface area (Å²) in [5, 5.41) is 18.6. The van der Waals surface area contributed by atoms with Crippen LogP contribution < -0.4 is 10.5 Å². The number of aromatic nitrogens is 1. The lowest BCUT2D eigenvalue weighted by molar-refractivity contribution is 0.452. The summed E-state index contributed by atoms with van der Waals surface area (Å²) in [6.07, 6.45) is 1.35. The Kier molecular flexibility index (Phi) is 2.91. The lowest BCUT2D eigenvalue weighted by atomic mass is 10.2. The molecule has 21 heavy (non-hydrogen) atoms. The monoisotopic (exact) mass is 276 g/mol. The fourth-order valence-electron chi connectivity index (χ4n) is 1.91. The number of furan rings is 1. The van der Waals surface area contributed by atoms with Crippen LogP contribution in [0.1, 0.15) is 11.3 Å². The van der Waals surface area contributed by atoms with E-state index < -0.39 is 0 Å². The fourth-order valence-corrected chi connectivity index (χ4v) is 1.91. The van der Waals surface area contributed by atoms with Gasteiger partial charge < -0.3 is 14.9 Å². The van der Waals surface area contributed by atoms with E-state index in [2.05, 4.69) is 4.98 Å². The summed E-state index contributed by atoms with van der Waals surface area (Å²) in [6, 6.07) is 12.4. The van der Waals surface area contributed by atoms with E-state index in [1.165, 1.54) is 12.3 Å². The van der Waals surface area contributed by atoms with Crippen molar-refractivity contribution in [2.45, 2.75) is 0 Å². The third-order valence-corrected chi connectivity index (χ3v) is 2.86. The van der Waals surface area contributed by atoms with Gasteiger partial charge in [-0.15, -0.1) is 0 Å². The molecule has 0 spiro atoms. The second-order valence-electron chi connectivity index (χ2n) is 4.20. The van der Waals surface area contributed by atoms with Gasteiger partial charge in [0.05, 0.1) is 16.6 Å². The number of nitrogens with two attached hydrogens (primary N) is 1. The quantitative estimate of drug-likeness (QED) is 0.770. The van der Waals surface area contributed by atoms with Crippen LogP contribution in [-0.2, 0) is 0 Å². The molecule has 100 valence electrons. The van der Waals surface area contributed by atoms with E-state index in [1.54, 1.807) is 24.3 Å². The number of hydrogen-bond donors (Lipinski definition) is 1. The van der Waals surface area contributed by atoms with Crippen LogP contribution >= 0.6 is 0 Å². The van der Waals surface area contributed by atoms with Crippen molar-refractivity contribution in [3.8, 4) is 23.8 Å². The van der Waals surface area contributed by atoms with Crippen molar-refractivity contribution in [2.24, 2.45) is 0 Å². The molecule has 0 unspecified atom stereocenters. The van der Waals surface area contributed by atoms with Crippen molar-refractivity contribution >= 4 is 16.7 Å². The maximum Gasteiger partial charge on any atom is 0.247 e. The molecule has 0 saturated carbocycles. The summed E-state index contributed by atoms with van der Waals surface area (Å²) in [4.78, 5) is 3.99. The number of rotatable bonds is 2. The van der Waals surface area contributed by atoms with Gasteiger partial charge in [-0.05, 0) is 18.2 Å². The van der Waals surface area contributed by atoms with E-state index in [0.29, 0.717) is 16.5 Å². The summed E-state index contributed by atoms with van der Waals surface area (Å²) in [6.45, 7) is 0. The molecule has 1 aromatic carbocycles. The van der Waals surface area contributed by atoms with Crippen LogP contribution in [0.5, 0.6) is 11.6 Å². The molecule has 6 heteroatoms. The molecule has 0 amide bonds. The van der Waals surface area contributed by atoms with Crippen molar-refractivity contribution in [3.63, 3.8) is 0 Å². The third kappa shape index (κ3) is 2.11. The Morgan fingerprint density at radius 1 is 1.19 bits per heavy atom. The van der Waals surface area contributed by atoms with Gasteiger partial charge in [0.15, 0.2) is 5.75 Å². The highest BCUT2D eigenvalue weighted by atomic mass is 16.5. The van der Waals surface area contributed by atoms with Gasteiger partial charge in [0, 0.05) is 6.20 Å². The number of benzene rings is 1. The Hall–Kier alpha value is -3.51. The molecule has 2 N–H and O–H groups in total. The summed E-state index contributed by atoms with van der Waals surface area (Å²) in [5.74, 6) is 0.427. The molecule has 0 bridgehead atoms. The number of para-hydroxylation sites is 1. The molecule has 3 rings (SSSR count). The minimum absolute atomic E-state index is 0.0433. The molecule has 3 aromatic rings. The zero-order valence-corrected chi connectivity index (χ0v) is 10.7. The summed E-state index contributed by atoms with van der Waals surface area (Å²) in [7, 11) is 0. The van der Waals surface area contributed by atoms with Gasteiger partial charge in [-0.1, -0.05) is 12.1 Å². The number of nitrogens with zero attached hydrogens (tertiary/aromatic N) is 3. The first kappa shape index (κ1) is 12.5. The average molecular weight is 276 g/mol. The van der Waals surface area contributed by atoms with Crippen LogP contribution in [0, 0.1) is 22.7 Å². The van der Waals surface area contributed by atoms with Gasteiger partial charge in [0.2, 0.25) is 11.6 Å². The number of ether oxygens (including phenoxy) is 1. The maximum absolute atomic E-state index is 9.13. The molecule has 0 aliphatic carbocycles. The van der Waals surface area contributed by atoms with Gasteiger partial charge in [-0.25, -0.2) is 4.98 Å². The number of pyridine rings is 1. The first-order valence-corrected chi connectivity index (χ1v) is 5.98. The van der Waals surface area contributed by atoms with Gasteiger partial charge in [0.25, 0.3) is 0 Å². The highest BCUT2D eigenvalue weighted by Crippen LogP contribution is 2.36. The Morgan fingerprint density at radius 3 is 2.71 bits per heavy atom. The molecular formula is C15H8N4O2. The Labute approximate surface area is 119 Å². The first-order chi connectivity index (χ1) is 10.2. The molecule has 2 heterocycles. The third-order valence-electron chi connectivity index (χ3n) is 2.86. The molecular weight excluding hydrogens is 268 g/mol. The maximum atomic E-state index is 9.13. The van der Waals surface area contributed by atoms with E-state index >= 15 is 0 Å². The second kappa shape index (κ2) is 4.87. The normalized spacial score (nSPS) is 10.0. The fraction of sp³-hybridized carbons (Fsp3) is 0. The minimum Gasteiger partial charge on any atom is -0.442 e. The van der Waals surface area contributed by atoms with Crippen molar-refractivity contribution in [1.82, 2.24) is 4.98 Å². The Bertz CT molecular complexity index is 916. The summed E-state index contributed by atoms with van der Waals surface area (Å²) >= 11 is 0. The highest BCUT2D eigenvalue weighted by Gasteiger charge is 2.17. The van der Waals surface area contributed by atoms with Gasteiger partial charge >= 0.3 is 0 Å². The van der Waals surface area contributed by atoms with Gasteiger partial charge in [-0.2, -0.15) is 10.5 Å².